The molecule has 0 atom stereocenters. The Bertz CT molecular complexity index is 1070. The molecule has 1 amide bonds. The number of thiophene rings is 1. The van der Waals surface area contributed by atoms with E-state index in [0.717, 1.165) is 22.5 Å². The summed E-state index contributed by atoms with van der Waals surface area (Å²) in [5.74, 6) is -0.421. The lowest BCUT2D eigenvalue weighted by Gasteiger charge is -2.35. The van der Waals surface area contributed by atoms with Crippen LogP contribution in [0.4, 0.5) is 0 Å². The minimum absolute atomic E-state index is 0.0105. The number of benzene rings is 2. The molecule has 0 N–H and O–H groups in total. The van der Waals surface area contributed by atoms with Gasteiger partial charge in [0.1, 0.15) is 4.21 Å². The summed E-state index contributed by atoms with van der Waals surface area (Å²) in [7, 11) is -3.59. The molecule has 2 aromatic carbocycles. The molecule has 1 aliphatic rings. The third kappa shape index (κ3) is 4.30. The van der Waals surface area contributed by atoms with Crippen molar-refractivity contribution in [2.45, 2.75) is 10.1 Å². The Hall–Kier alpha value is -2.19. The summed E-state index contributed by atoms with van der Waals surface area (Å²) in [6.07, 6.45) is 0. The summed E-state index contributed by atoms with van der Waals surface area (Å²) in [4.78, 5) is 15.2. The van der Waals surface area contributed by atoms with E-state index in [2.05, 4.69) is 0 Å². The Kier molecular flexibility index (Phi) is 6.24. The molecule has 5 nitrogen and oxygen atoms in total. The van der Waals surface area contributed by atoms with Gasteiger partial charge in [0.05, 0.1) is 10.3 Å². The number of sulfonamides is 1. The zero-order chi connectivity index (χ0) is 21.1. The van der Waals surface area contributed by atoms with Gasteiger partial charge < -0.3 is 4.90 Å². The van der Waals surface area contributed by atoms with Crippen molar-refractivity contribution in [1.82, 2.24) is 9.21 Å². The van der Waals surface area contributed by atoms with Crippen LogP contribution >= 0.6 is 22.9 Å². The lowest BCUT2D eigenvalue weighted by Crippen LogP contribution is -2.51. The predicted molar refractivity (Wildman–Crippen MR) is 119 cm³/mol. The Labute approximate surface area is 185 Å². The van der Waals surface area contributed by atoms with Crippen LogP contribution in [0.5, 0.6) is 0 Å². The number of carbonyl (C=O) groups excluding carboxylic acids is 1. The highest BCUT2D eigenvalue weighted by atomic mass is 35.5. The maximum absolute atomic E-state index is 13.5. The smallest absolute Gasteiger partial charge is 0.252 e. The first-order valence-electron chi connectivity index (χ1n) is 9.61. The summed E-state index contributed by atoms with van der Waals surface area (Å²) >= 11 is 6.95. The molecule has 8 heteroatoms. The number of rotatable bonds is 5. The summed E-state index contributed by atoms with van der Waals surface area (Å²) in [5.41, 5.74) is 1.86. The number of halogens is 1. The normalized spacial score (nSPS) is 15.5. The number of amides is 1. The van der Waals surface area contributed by atoms with E-state index in [4.69, 9.17) is 11.6 Å². The van der Waals surface area contributed by atoms with Gasteiger partial charge in [-0.3, -0.25) is 4.79 Å². The molecule has 1 fully saturated rings. The first kappa shape index (κ1) is 21.1. The number of hydrogen-bond acceptors (Lipinski definition) is 4. The second kappa shape index (κ2) is 8.89. The molecular weight excluding hydrogens is 440 g/mol. The van der Waals surface area contributed by atoms with Crippen molar-refractivity contribution in [3.63, 3.8) is 0 Å². The summed E-state index contributed by atoms with van der Waals surface area (Å²) < 4.78 is 27.8. The topological polar surface area (TPSA) is 57.7 Å². The maximum atomic E-state index is 13.5. The van der Waals surface area contributed by atoms with Gasteiger partial charge in [0.25, 0.3) is 10.0 Å². The van der Waals surface area contributed by atoms with Crippen LogP contribution in [0, 0.1) is 0 Å². The number of piperazine rings is 1. The maximum Gasteiger partial charge on any atom is 0.252 e. The van der Waals surface area contributed by atoms with Gasteiger partial charge in [0.2, 0.25) is 5.91 Å². The lowest BCUT2D eigenvalue weighted by atomic mass is 9.90. The van der Waals surface area contributed by atoms with Gasteiger partial charge >= 0.3 is 0 Å². The van der Waals surface area contributed by atoms with Gasteiger partial charge in [-0.15, -0.1) is 11.3 Å². The highest BCUT2D eigenvalue weighted by Gasteiger charge is 2.34. The number of carbonyl (C=O) groups is 1. The third-order valence-electron chi connectivity index (χ3n) is 5.21. The van der Waals surface area contributed by atoms with E-state index >= 15 is 0 Å². The largest absolute Gasteiger partial charge is 0.339 e. The standard InChI is InChI=1S/C22H21ClN2O3S2/c23-19-11-12-20(29-19)30(27,28)25-15-13-24(14-16-25)22(26)21(17-7-3-1-4-8-17)18-9-5-2-6-10-18/h1-12,21H,13-16H2. The van der Waals surface area contributed by atoms with Crippen LogP contribution in [0.1, 0.15) is 17.0 Å². The van der Waals surface area contributed by atoms with Crippen molar-refractivity contribution >= 4 is 38.9 Å². The van der Waals surface area contributed by atoms with Crippen molar-refractivity contribution in [2.75, 3.05) is 26.2 Å². The second-order valence-electron chi connectivity index (χ2n) is 7.04. The third-order valence-corrected chi connectivity index (χ3v) is 8.80. The quantitative estimate of drug-likeness (QED) is 0.576. The zero-order valence-electron chi connectivity index (χ0n) is 16.1. The minimum atomic E-state index is -3.59. The fourth-order valence-electron chi connectivity index (χ4n) is 3.66. The average Bonchev–Trinajstić information content (AvgIpc) is 3.23. The first-order chi connectivity index (χ1) is 14.5. The van der Waals surface area contributed by atoms with Crippen molar-refractivity contribution < 1.29 is 13.2 Å². The summed E-state index contributed by atoms with van der Waals surface area (Å²) in [5, 5.41) is 0. The molecule has 3 aromatic rings. The van der Waals surface area contributed by atoms with Gasteiger partial charge in [-0.1, -0.05) is 72.3 Å². The van der Waals surface area contributed by atoms with Crippen LogP contribution in [0.15, 0.2) is 77.0 Å². The van der Waals surface area contributed by atoms with E-state index < -0.39 is 15.9 Å². The Morgan fingerprint density at radius 1 is 0.833 bits per heavy atom. The van der Waals surface area contributed by atoms with Gasteiger partial charge in [0.15, 0.2) is 0 Å². The SMILES string of the molecule is O=C(C(c1ccccc1)c1ccccc1)N1CCN(S(=O)(=O)c2ccc(Cl)s2)CC1. The molecule has 0 unspecified atom stereocenters. The van der Waals surface area contributed by atoms with Gasteiger partial charge in [0, 0.05) is 26.2 Å². The molecule has 0 aliphatic carbocycles. The summed E-state index contributed by atoms with van der Waals surface area (Å²) in [6.45, 7) is 1.24. The number of hydrogen-bond donors (Lipinski definition) is 0. The highest BCUT2D eigenvalue weighted by molar-refractivity contribution is 7.91. The minimum Gasteiger partial charge on any atom is -0.339 e. The van der Waals surface area contributed by atoms with Crippen LogP contribution in [0.3, 0.4) is 0 Å². The average molecular weight is 461 g/mol. The molecule has 30 heavy (non-hydrogen) atoms. The van der Waals surface area contributed by atoms with E-state index in [9.17, 15) is 13.2 Å². The summed E-state index contributed by atoms with van der Waals surface area (Å²) in [6, 6.07) is 22.5. The zero-order valence-corrected chi connectivity index (χ0v) is 18.5. The molecule has 0 bridgehead atoms. The Morgan fingerprint density at radius 3 is 1.83 bits per heavy atom. The monoisotopic (exact) mass is 460 g/mol. The van der Waals surface area contributed by atoms with Crippen LogP contribution in [-0.2, 0) is 14.8 Å². The molecule has 0 radical (unpaired) electrons. The van der Waals surface area contributed by atoms with Crippen LogP contribution in [-0.4, -0.2) is 49.7 Å². The molecule has 156 valence electrons. The van der Waals surface area contributed by atoms with Crippen molar-refractivity contribution in [1.29, 1.82) is 0 Å². The predicted octanol–water partition coefficient (Wildman–Crippen LogP) is 4.07. The van der Waals surface area contributed by atoms with Gasteiger partial charge in [-0.25, -0.2) is 8.42 Å². The van der Waals surface area contributed by atoms with Crippen molar-refractivity contribution in [2.24, 2.45) is 0 Å². The van der Waals surface area contributed by atoms with E-state index in [-0.39, 0.29) is 23.2 Å². The van der Waals surface area contributed by atoms with Crippen LogP contribution in [0.25, 0.3) is 0 Å². The van der Waals surface area contributed by atoms with Crippen molar-refractivity contribution in [3.8, 4) is 0 Å². The molecule has 0 saturated carbocycles. The Balaban J connectivity index is 1.52. The van der Waals surface area contributed by atoms with E-state index in [1.165, 1.54) is 10.4 Å². The Morgan fingerprint density at radius 2 is 1.37 bits per heavy atom. The molecule has 0 spiro atoms. The van der Waals surface area contributed by atoms with Crippen LogP contribution < -0.4 is 0 Å². The fourth-order valence-corrected chi connectivity index (χ4v) is 6.72. The van der Waals surface area contributed by atoms with Crippen molar-refractivity contribution in [3.05, 3.63) is 88.3 Å². The second-order valence-corrected chi connectivity index (χ2v) is 10.9. The molecule has 2 heterocycles. The molecule has 1 aromatic heterocycles. The first-order valence-corrected chi connectivity index (χ1v) is 12.2. The molecular formula is C22H21ClN2O3S2. The van der Waals surface area contributed by atoms with E-state index in [1.54, 1.807) is 11.0 Å². The number of nitrogens with zero attached hydrogens (tertiary/aromatic N) is 2. The van der Waals surface area contributed by atoms with Crippen LogP contribution in [0.2, 0.25) is 4.34 Å². The molecule has 1 saturated heterocycles. The lowest BCUT2D eigenvalue weighted by molar-refractivity contribution is -0.133. The van der Waals surface area contributed by atoms with Gasteiger partial charge in [-0.05, 0) is 23.3 Å². The highest BCUT2D eigenvalue weighted by Crippen LogP contribution is 2.30. The molecule has 1 aliphatic heterocycles. The fraction of sp³-hybridized carbons (Fsp3) is 0.227. The van der Waals surface area contributed by atoms with Gasteiger partial charge in [-0.2, -0.15) is 4.31 Å². The molecule has 4 rings (SSSR count). The van der Waals surface area contributed by atoms with E-state index in [0.29, 0.717) is 17.4 Å². The van der Waals surface area contributed by atoms with E-state index in [1.807, 2.05) is 60.7 Å².